The van der Waals surface area contributed by atoms with E-state index in [0.717, 1.165) is 33.5 Å². The van der Waals surface area contributed by atoms with Gasteiger partial charge in [0.05, 0.1) is 16.2 Å². The van der Waals surface area contributed by atoms with Crippen molar-refractivity contribution >= 4 is 34.8 Å². The zero-order valence-corrected chi connectivity index (χ0v) is 16.6. The molecule has 0 atom stereocenters. The van der Waals surface area contributed by atoms with Gasteiger partial charge in [-0.05, 0) is 67.5 Å². The molecule has 6 nitrogen and oxygen atoms in total. The molecule has 0 saturated heterocycles. The van der Waals surface area contributed by atoms with Gasteiger partial charge in [0.25, 0.3) is 5.69 Å². The van der Waals surface area contributed by atoms with Gasteiger partial charge in [-0.2, -0.15) is 0 Å². The minimum absolute atomic E-state index is 0.0616. The first kappa shape index (κ1) is 19.3. The van der Waals surface area contributed by atoms with Crippen LogP contribution in [0.25, 0.3) is 28.6 Å². The number of aromatic nitrogens is 1. The number of para-hydroxylation sites is 1. The number of hydrogen-bond donors (Lipinski definition) is 0. The average Bonchev–Trinajstić information content (AvgIpc) is 3.15. The fourth-order valence-electron chi connectivity index (χ4n) is 3.10. The maximum Gasteiger partial charge on any atom is 0.276 e. The number of rotatable bonds is 5. The molecule has 0 N–H and O–H groups in total. The van der Waals surface area contributed by atoms with Crippen molar-refractivity contribution in [1.82, 2.24) is 4.98 Å². The van der Waals surface area contributed by atoms with E-state index in [1.807, 2.05) is 50.2 Å². The number of aliphatic imine (C=N–C) groups is 1. The molecule has 0 unspecified atom stereocenters. The summed E-state index contributed by atoms with van der Waals surface area (Å²) in [6.07, 6.45) is 4.99. The monoisotopic (exact) mass is 397 g/mol. The Bertz CT molecular complexity index is 1300. The summed E-state index contributed by atoms with van der Waals surface area (Å²) in [5.41, 5.74) is 5.89. The molecule has 0 aliphatic rings. The molecule has 4 aromatic rings. The second-order valence-corrected chi connectivity index (χ2v) is 6.94. The lowest BCUT2D eigenvalue weighted by Crippen LogP contribution is -1.90. The van der Waals surface area contributed by atoms with Gasteiger partial charge in [-0.1, -0.05) is 24.3 Å². The number of benzene rings is 3. The van der Waals surface area contributed by atoms with E-state index >= 15 is 0 Å². The molecule has 30 heavy (non-hydrogen) atoms. The van der Waals surface area contributed by atoms with Gasteiger partial charge in [0.1, 0.15) is 5.52 Å². The molecule has 0 radical (unpaired) electrons. The van der Waals surface area contributed by atoms with Crippen molar-refractivity contribution in [2.24, 2.45) is 4.99 Å². The van der Waals surface area contributed by atoms with Crippen LogP contribution in [0, 0.1) is 24.0 Å². The van der Waals surface area contributed by atoms with Gasteiger partial charge >= 0.3 is 0 Å². The second kappa shape index (κ2) is 8.13. The van der Waals surface area contributed by atoms with Gasteiger partial charge < -0.3 is 4.42 Å². The molecule has 0 saturated carbocycles. The molecule has 0 spiro atoms. The summed E-state index contributed by atoms with van der Waals surface area (Å²) in [5.74, 6) is 0.544. The zero-order chi connectivity index (χ0) is 21.1. The number of nitrogens with zero attached hydrogens (tertiary/aromatic N) is 3. The quantitative estimate of drug-likeness (QED) is 0.220. The Morgan fingerprint density at radius 3 is 2.73 bits per heavy atom. The molecule has 0 aliphatic carbocycles. The third kappa shape index (κ3) is 4.03. The molecule has 0 amide bonds. The van der Waals surface area contributed by atoms with E-state index in [0.29, 0.717) is 11.5 Å². The summed E-state index contributed by atoms with van der Waals surface area (Å²) >= 11 is 0. The van der Waals surface area contributed by atoms with Crippen LogP contribution in [-0.2, 0) is 0 Å². The average molecular weight is 397 g/mol. The molecule has 1 heterocycles. The van der Waals surface area contributed by atoms with E-state index in [4.69, 9.17) is 4.42 Å². The highest BCUT2D eigenvalue weighted by Gasteiger charge is 2.10. The van der Waals surface area contributed by atoms with E-state index < -0.39 is 4.92 Å². The van der Waals surface area contributed by atoms with Crippen molar-refractivity contribution in [2.45, 2.75) is 13.8 Å². The maximum atomic E-state index is 11.1. The van der Waals surface area contributed by atoms with Gasteiger partial charge in [0.2, 0.25) is 5.89 Å². The molecule has 4 rings (SSSR count). The lowest BCUT2D eigenvalue weighted by Gasteiger charge is -2.02. The third-order valence-electron chi connectivity index (χ3n) is 4.71. The summed E-state index contributed by atoms with van der Waals surface area (Å²) in [4.78, 5) is 19.8. The predicted octanol–water partition coefficient (Wildman–Crippen LogP) is 6.44. The van der Waals surface area contributed by atoms with E-state index in [-0.39, 0.29) is 5.69 Å². The molecule has 148 valence electrons. The molecule has 0 bridgehead atoms. The standard InChI is InChI=1S/C24H19N3O3/c1-16-9-12-20-23(14-16)30-24(26-20)19-11-10-17(2)21(15-19)25-13-5-7-18-6-3-4-8-22(18)27(28)29/h3-15H,1-2H3. The topological polar surface area (TPSA) is 81.5 Å². The van der Waals surface area contributed by atoms with E-state index in [2.05, 4.69) is 9.98 Å². The van der Waals surface area contributed by atoms with Crippen LogP contribution in [0.5, 0.6) is 0 Å². The Hall–Kier alpha value is -4.06. The van der Waals surface area contributed by atoms with Crippen molar-refractivity contribution in [3.63, 3.8) is 0 Å². The largest absolute Gasteiger partial charge is 0.436 e. The molecular formula is C24H19N3O3. The number of fused-ring (bicyclic) bond motifs is 1. The van der Waals surface area contributed by atoms with Crippen molar-refractivity contribution in [3.8, 4) is 11.5 Å². The predicted molar refractivity (Wildman–Crippen MR) is 119 cm³/mol. The Morgan fingerprint density at radius 1 is 1.07 bits per heavy atom. The van der Waals surface area contributed by atoms with Crippen molar-refractivity contribution in [3.05, 3.63) is 93.5 Å². The number of allylic oxidation sites excluding steroid dienone is 1. The first-order valence-electron chi connectivity index (χ1n) is 9.43. The van der Waals surface area contributed by atoms with Crippen LogP contribution < -0.4 is 0 Å². The maximum absolute atomic E-state index is 11.1. The molecule has 0 fully saturated rings. The number of nitro groups is 1. The smallest absolute Gasteiger partial charge is 0.276 e. The van der Waals surface area contributed by atoms with Crippen LogP contribution in [-0.4, -0.2) is 16.1 Å². The van der Waals surface area contributed by atoms with Crippen LogP contribution in [0.15, 0.2) is 76.1 Å². The van der Waals surface area contributed by atoms with E-state index in [1.54, 1.807) is 36.6 Å². The number of aryl methyl sites for hydroxylation is 2. The van der Waals surface area contributed by atoms with Gasteiger partial charge in [0.15, 0.2) is 5.58 Å². The Labute approximate surface area is 173 Å². The summed E-state index contributed by atoms with van der Waals surface area (Å²) < 4.78 is 5.91. The van der Waals surface area contributed by atoms with Crippen molar-refractivity contribution in [2.75, 3.05) is 0 Å². The van der Waals surface area contributed by atoms with Gasteiger partial charge in [0, 0.05) is 17.8 Å². The van der Waals surface area contributed by atoms with E-state index in [1.165, 1.54) is 6.07 Å². The van der Waals surface area contributed by atoms with Gasteiger partial charge in [-0.3, -0.25) is 15.1 Å². The van der Waals surface area contributed by atoms with Crippen molar-refractivity contribution in [1.29, 1.82) is 0 Å². The summed E-state index contributed by atoms with van der Waals surface area (Å²) in [6, 6.07) is 18.3. The van der Waals surface area contributed by atoms with E-state index in [9.17, 15) is 10.1 Å². The van der Waals surface area contributed by atoms with Crippen LogP contribution in [0.3, 0.4) is 0 Å². The van der Waals surface area contributed by atoms with Crippen LogP contribution in [0.1, 0.15) is 16.7 Å². The first-order chi connectivity index (χ1) is 14.5. The zero-order valence-electron chi connectivity index (χ0n) is 16.6. The number of oxazole rings is 1. The van der Waals surface area contributed by atoms with Crippen LogP contribution in [0.2, 0.25) is 0 Å². The molecule has 6 heteroatoms. The Kier molecular flexibility index (Phi) is 5.22. The molecule has 1 aromatic heterocycles. The Morgan fingerprint density at radius 2 is 1.90 bits per heavy atom. The second-order valence-electron chi connectivity index (χ2n) is 6.94. The van der Waals surface area contributed by atoms with Gasteiger partial charge in [-0.15, -0.1) is 0 Å². The minimum atomic E-state index is -0.397. The SMILES string of the molecule is Cc1ccc2nc(-c3ccc(C)c(N=CC=Cc4ccccc4[N+](=O)[O-])c3)oc2c1. The lowest BCUT2D eigenvalue weighted by molar-refractivity contribution is -0.385. The summed E-state index contributed by atoms with van der Waals surface area (Å²) in [6.45, 7) is 3.98. The fraction of sp³-hybridized carbons (Fsp3) is 0.0833. The van der Waals surface area contributed by atoms with Crippen LogP contribution in [0.4, 0.5) is 11.4 Å². The minimum Gasteiger partial charge on any atom is -0.436 e. The van der Waals surface area contributed by atoms with Crippen LogP contribution >= 0.6 is 0 Å². The lowest BCUT2D eigenvalue weighted by atomic mass is 10.1. The highest BCUT2D eigenvalue weighted by molar-refractivity contribution is 5.83. The highest BCUT2D eigenvalue weighted by Crippen LogP contribution is 2.29. The van der Waals surface area contributed by atoms with Gasteiger partial charge in [-0.25, -0.2) is 4.98 Å². The summed E-state index contributed by atoms with van der Waals surface area (Å²) in [5, 5.41) is 11.1. The third-order valence-corrected chi connectivity index (χ3v) is 4.71. The normalized spacial score (nSPS) is 11.7. The molecule has 3 aromatic carbocycles. The molecule has 0 aliphatic heterocycles. The fourth-order valence-corrected chi connectivity index (χ4v) is 3.10. The first-order valence-corrected chi connectivity index (χ1v) is 9.43. The number of hydrogen-bond acceptors (Lipinski definition) is 5. The number of nitro benzene ring substituents is 1. The highest BCUT2D eigenvalue weighted by atomic mass is 16.6. The molecular weight excluding hydrogens is 378 g/mol. The van der Waals surface area contributed by atoms with Crippen molar-refractivity contribution < 1.29 is 9.34 Å². The Balaban J connectivity index is 1.60. The summed E-state index contributed by atoms with van der Waals surface area (Å²) in [7, 11) is 0.